The van der Waals surface area contributed by atoms with Gasteiger partial charge < -0.3 is 14.8 Å². The van der Waals surface area contributed by atoms with Gasteiger partial charge in [0.15, 0.2) is 11.5 Å². The van der Waals surface area contributed by atoms with Crippen LogP contribution in [0.15, 0.2) is 16.6 Å². The van der Waals surface area contributed by atoms with E-state index < -0.39 is 0 Å². The number of halogens is 1. The summed E-state index contributed by atoms with van der Waals surface area (Å²) in [5, 5.41) is 3.54. The van der Waals surface area contributed by atoms with Crippen LogP contribution in [-0.2, 0) is 6.54 Å². The van der Waals surface area contributed by atoms with E-state index in [1.54, 1.807) is 7.11 Å². The topological polar surface area (TPSA) is 30.5 Å². The fourth-order valence-corrected chi connectivity index (χ4v) is 3.10. The van der Waals surface area contributed by atoms with Gasteiger partial charge in [0.25, 0.3) is 0 Å². The van der Waals surface area contributed by atoms with Gasteiger partial charge in [-0.05, 0) is 65.4 Å². The maximum Gasteiger partial charge on any atom is 0.175 e. The number of methoxy groups -OCH3 is 1. The molecule has 0 aliphatic rings. The third-order valence-corrected chi connectivity index (χ3v) is 4.38. The van der Waals surface area contributed by atoms with Gasteiger partial charge in [-0.1, -0.05) is 6.92 Å². The van der Waals surface area contributed by atoms with Crippen molar-refractivity contribution in [1.29, 1.82) is 0 Å². The second-order valence-electron chi connectivity index (χ2n) is 5.02. The van der Waals surface area contributed by atoms with Crippen LogP contribution in [0.1, 0.15) is 32.3 Å². The molecule has 21 heavy (non-hydrogen) atoms. The van der Waals surface area contributed by atoms with E-state index in [1.807, 2.05) is 17.8 Å². The van der Waals surface area contributed by atoms with Gasteiger partial charge in [-0.25, -0.2) is 0 Å². The van der Waals surface area contributed by atoms with Crippen LogP contribution in [0.5, 0.6) is 11.5 Å². The van der Waals surface area contributed by atoms with Crippen LogP contribution in [0.2, 0.25) is 0 Å². The van der Waals surface area contributed by atoms with Gasteiger partial charge in [-0.15, -0.1) is 0 Å². The van der Waals surface area contributed by atoms with Gasteiger partial charge in [-0.3, -0.25) is 0 Å². The summed E-state index contributed by atoms with van der Waals surface area (Å²) in [6.45, 7) is 5.84. The highest BCUT2D eigenvalue weighted by Gasteiger charge is 2.12. The minimum Gasteiger partial charge on any atom is -0.493 e. The molecule has 0 saturated carbocycles. The molecule has 0 aliphatic heterocycles. The Morgan fingerprint density at radius 3 is 2.76 bits per heavy atom. The molecule has 1 atom stereocenters. The summed E-state index contributed by atoms with van der Waals surface area (Å²) in [6.07, 6.45) is 4.30. The van der Waals surface area contributed by atoms with Crippen LogP contribution in [-0.4, -0.2) is 31.8 Å². The first-order valence-electron chi connectivity index (χ1n) is 7.33. The monoisotopic (exact) mass is 375 g/mol. The van der Waals surface area contributed by atoms with Gasteiger partial charge in [0.1, 0.15) is 0 Å². The highest BCUT2D eigenvalue weighted by molar-refractivity contribution is 9.10. The lowest BCUT2D eigenvalue weighted by Crippen LogP contribution is -2.26. The molecule has 0 amide bonds. The molecule has 0 saturated heterocycles. The molecular formula is C16H26BrNO2S. The van der Waals surface area contributed by atoms with Crippen molar-refractivity contribution in [3.8, 4) is 11.5 Å². The number of benzene rings is 1. The Morgan fingerprint density at radius 1 is 1.38 bits per heavy atom. The van der Waals surface area contributed by atoms with Crippen LogP contribution < -0.4 is 14.8 Å². The molecule has 0 spiro atoms. The lowest BCUT2D eigenvalue weighted by atomic mass is 10.1. The smallest absolute Gasteiger partial charge is 0.175 e. The highest BCUT2D eigenvalue weighted by Crippen LogP contribution is 2.36. The zero-order valence-electron chi connectivity index (χ0n) is 13.4. The van der Waals surface area contributed by atoms with Crippen molar-refractivity contribution in [2.24, 2.45) is 0 Å². The summed E-state index contributed by atoms with van der Waals surface area (Å²) in [4.78, 5) is 0. The summed E-state index contributed by atoms with van der Waals surface area (Å²) >= 11 is 5.47. The zero-order valence-corrected chi connectivity index (χ0v) is 15.8. The zero-order chi connectivity index (χ0) is 15.7. The maximum atomic E-state index is 5.75. The lowest BCUT2D eigenvalue weighted by molar-refractivity contribution is 0.292. The molecule has 1 aromatic carbocycles. The molecule has 0 fully saturated rings. The van der Waals surface area contributed by atoms with Gasteiger partial charge in [0, 0.05) is 12.6 Å². The fourth-order valence-electron chi connectivity index (χ4n) is 1.91. The number of thioether (sulfide) groups is 1. The lowest BCUT2D eigenvalue weighted by Gasteiger charge is -2.16. The van der Waals surface area contributed by atoms with E-state index >= 15 is 0 Å². The fraction of sp³-hybridized carbons (Fsp3) is 0.625. The Morgan fingerprint density at radius 2 is 2.14 bits per heavy atom. The Bertz CT molecular complexity index is 429. The molecule has 120 valence electrons. The molecule has 0 aromatic heterocycles. The van der Waals surface area contributed by atoms with Crippen LogP contribution in [0.3, 0.4) is 0 Å². The minimum atomic E-state index is 0.512. The van der Waals surface area contributed by atoms with E-state index in [0.29, 0.717) is 12.6 Å². The number of hydrogen-bond donors (Lipinski definition) is 1. The van der Waals surface area contributed by atoms with Crippen molar-refractivity contribution >= 4 is 27.7 Å². The minimum absolute atomic E-state index is 0.512. The van der Waals surface area contributed by atoms with Crippen molar-refractivity contribution in [2.75, 3.05) is 25.7 Å². The van der Waals surface area contributed by atoms with Crippen molar-refractivity contribution in [3.05, 3.63) is 22.2 Å². The number of rotatable bonds is 10. The van der Waals surface area contributed by atoms with E-state index in [2.05, 4.69) is 47.4 Å². The van der Waals surface area contributed by atoms with Gasteiger partial charge in [0.05, 0.1) is 18.2 Å². The van der Waals surface area contributed by atoms with Crippen molar-refractivity contribution in [1.82, 2.24) is 5.32 Å². The predicted molar refractivity (Wildman–Crippen MR) is 95.8 cm³/mol. The first-order chi connectivity index (χ1) is 10.1. The summed E-state index contributed by atoms with van der Waals surface area (Å²) in [6, 6.07) is 4.66. The molecule has 3 nitrogen and oxygen atoms in total. The molecule has 1 rings (SSSR count). The first-order valence-corrected chi connectivity index (χ1v) is 9.52. The van der Waals surface area contributed by atoms with Crippen LogP contribution in [0.4, 0.5) is 0 Å². The molecule has 0 heterocycles. The molecule has 1 aromatic rings. The molecule has 0 aliphatic carbocycles. The average molecular weight is 376 g/mol. The van der Waals surface area contributed by atoms with Crippen LogP contribution >= 0.6 is 27.7 Å². The Labute approximate surface area is 141 Å². The summed E-state index contributed by atoms with van der Waals surface area (Å²) in [5.74, 6) is 2.76. The van der Waals surface area contributed by atoms with Crippen LogP contribution in [0, 0.1) is 0 Å². The summed E-state index contributed by atoms with van der Waals surface area (Å²) in [5.41, 5.74) is 1.19. The van der Waals surface area contributed by atoms with Crippen molar-refractivity contribution in [3.63, 3.8) is 0 Å². The average Bonchev–Trinajstić information content (AvgIpc) is 2.49. The largest absolute Gasteiger partial charge is 0.493 e. The predicted octanol–water partition coefficient (Wildman–Crippen LogP) is 4.48. The van der Waals surface area contributed by atoms with Gasteiger partial charge in [-0.2, -0.15) is 11.8 Å². The molecule has 5 heteroatoms. The normalized spacial score (nSPS) is 12.2. The third kappa shape index (κ3) is 6.49. The molecular weight excluding hydrogens is 350 g/mol. The molecule has 1 N–H and O–H groups in total. The molecule has 0 bridgehead atoms. The molecule has 1 unspecified atom stereocenters. The van der Waals surface area contributed by atoms with Gasteiger partial charge >= 0.3 is 0 Å². The quantitative estimate of drug-likeness (QED) is 0.652. The SMILES string of the molecule is CCCOc1c(Br)cc(CNC(C)CCSC)cc1OC. The number of hydrogen-bond acceptors (Lipinski definition) is 4. The Kier molecular flexibility index (Phi) is 9.20. The van der Waals surface area contributed by atoms with Crippen molar-refractivity contribution in [2.45, 2.75) is 39.3 Å². The van der Waals surface area contributed by atoms with E-state index in [-0.39, 0.29) is 0 Å². The third-order valence-electron chi connectivity index (χ3n) is 3.15. The van der Waals surface area contributed by atoms with E-state index in [1.165, 1.54) is 17.7 Å². The highest BCUT2D eigenvalue weighted by atomic mass is 79.9. The molecule has 0 radical (unpaired) electrons. The summed E-state index contributed by atoms with van der Waals surface area (Å²) in [7, 11) is 1.68. The van der Waals surface area contributed by atoms with E-state index in [4.69, 9.17) is 9.47 Å². The van der Waals surface area contributed by atoms with Crippen molar-refractivity contribution < 1.29 is 9.47 Å². The second-order valence-corrected chi connectivity index (χ2v) is 6.86. The van der Waals surface area contributed by atoms with Gasteiger partial charge in [0.2, 0.25) is 0 Å². The Balaban J connectivity index is 2.69. The van der Waals surface area contributed by atoms with Crippen LogP contribution in [0.25, 0.3) is 0 Å². The first kappa shape index (κ1) is 18.7. The van der Waals surface area contributed by atoms with E-state index in [9.17, 15) is 0 Å². The maximum absolute atomic E-state index is 5.75. The standard InChI is InChI=1S/C16H26BrNO2S/c1-5-7-20-16-14(17)9-13(10-15(16)19-3)11-18-12(2)6-8-21-4/h9-10,12,18H,5-8,11H2,1-4H3. The summed E-state index contributed by atoms with van der Waals surface area (Å²) < 4.78 is 12.1. The second kappa shape index (κ2) is 10.4. The number of ether oxygens (including phenoxy) is 2. The van der Waals surface area contributed by atoms with E-state index in [0.717, 1.165) is 28.9 Å². The Hall–Kier alpha value is -0.390. The number of nitrogens with one attached hydrogen (secondary N) is 1.